The minimum atomic E-state index is -2.84. The molecule has 0 bridgehead atoms. The molecule has 7 heteroatoms. The van der Waals surface area contributed by atoms with Crippen LogP contribution in [0.5, 0.6) is 0 Å². The van der Waals surface area contributed by atoms with Crippen LogP contribution < -0.4 is 0 Å². The molecule has 0 aliphatic heterocycles. The van der Waals surface area contributed by atoms with Gasteiger partial charge in [0.25, 0.3) is 6.43 Å². The number of pyridine rings is 1. The van der Waals surface area contributed by atoms with Crippen molar-refractivity contribution in [1.82, 2.24) is 4.98 Å². The third-order valence-electron chi connectivity index (χ3n) is 1.80. The number of aromatic nitrogens is 1. The van der Waals surface area contributed by atoms with Gasteiger partial charge in [0.15, 0.2) is 5.69 Å². The van der Waals surface area contributed by atoms with Crippen LogP contribution >= 0.6 is 22.6 Å². The zero-order valence-corrected chi connectivity index (χ0v) is 10.9. The molecule has 0 aliphatic rings. The summed E-state index contributed by atoms with van der Waals surface area (Å²) in [5.74, 6) is -0.738. The fraction of sp³-hybridized carbons (Fsp3) is 0.300. The smallest absolute Gasteiger partial charge is 0.339 e. The summed E-state index contributed by atoms with van der Waals surface area (Å²) in [5, 5.41) is 8.75. The van der Waals surface area contributed by atoms with Gasteiger partial charge in [-0.25, -0.2) is 18.6 Å². The van der Waals surface area contributed by atoms with Crippen LogP contribution in [0.25, 0.3) is 0 Å². The molecule has 0 fully saturated rings. The zero-order chi connectivity index (χ0) is 13.0. The maximum Gasteiger partial charge on any atom is 0.339 e. The first kappa shape index (κ1) is 13.8. The highest BCUT2D eigenvalue weighted by atomic mass is 127. The normalized spacial score (nSPS) is 10.1. The van der Waals surface area contributed by atoms with E-state index in [0.29, 0.717) is 0 Å². The fourth-order valence-corrected chi connectivity index (χ4v) is 1.71. The van der Waals surface area contributed by atoms with Gasteiger partial charge in [-0.15, -0.1) is 0 Å². The molecule has 0 aromatic carbocycles. The van der Waals surface area contributed by atoms with E-state index in [1.165, 1.54) is 0 Å². The van der Waals surface area contributed by atoms with Crippen molar-refractivity contribution >= 4 is 28.6 Å². The molecule has 0 aliphatic carbocycles. The summed E-state index contributed by atoms with van der Waals surface area (Å²) in [6, 6.07) is 2.62. The monoisotopic (exact) mass is 352 g/mol. The number of nitriles is 1. The molecule has 0 saturated heterocycles. The summed E-state index contributed by atoms with van der Waals surface area (Å²) in [6.45, 7) is 1.73. The van der Waals surface area contributed by atoms with Gasteiger partial charge in [0.2, 0.25) is 0 Å². The summed E-state index contributed by atoms with van der Waals surface area (Å²) < 4.78 is 30.0. The van der Waals surface area contributed by atoms with Crippen LogP contribution in [0.15, 0.2) is 6.07 Å². The number of esters is 1. The number of ether oxygens (including phenoxy) is 1. The largest absolute Gasteiger partial charge is 0.462 e. The molecule has 0 radical (unpaired) electrons. The van der Waals surface area contributed by atoms with Crippen molar-refractivity contribution in [1.29, 1.82) is 5.26 Å². The number of carbonyl (C=O) groups is 1. The van der Waals surface area contributed by atoms with Crippen LogP contribution in [0.4, 0.5) is 8.78 Å². The van der Waals surface area contributed by atoms with Crippen LogP contribution in [-0.2, 0) is 4.74 Å². The highest BCUT2D eigenvalue weighted by Crippen LogP contribution is 2.23. The highest BCUT2D eigenvalue weighted by molar-refractivity contribution is 14.1. The Morgan fingerprint density at radius 2 is 2.35 bits per heavy atom. The summed E-state index contributed by atoms with van der Waals surface area (Å²) >= 11 is 1.71. The number of carbonyl (C=O) groups excluding carboxylic acids is 1. The van der Waals surface area contributed by atoms with Gasteiger partial charge >= 0.3 is 5.97 Å². The lowest BCUT2D eigenvalue weighted by atomic mass is 10.2. The van der Waals surface area contributed by atoms with Gasteiger partial charge in [0.05, 0.1) is 15.7 Å². The molecule has 1 aromatic heterocycles. The first-order valence-corrected chi connectivity index (χ1v) is 5.65. The van der Waals surface area contributed by atoms with Gasteiger partial charge in [0, 0.05) is 0 Å². The average molecular weight is 352 g/mol. The minimum absolute atomic E-state index is 0.0608. The second-order valence-electron chi connectivity index (χ2n) is 2.89. The molecule has 0 unspecified atom stereocenters. The van der Waals surface area contributed by atoms with Crippen LogP contribution in [0.3, 0.4) is 0 Å². The van der Waals surface area contributed by atoms with E-state index in [-0.39, 0.29) is 21.4 Å². The molecule has 0 N–H and O–H groups in total. The van der Waals surface area contributed by atoms with Crippen molar-refractivity contribution in [3.05, 3.63) is 26.6 Å². The minimum Gasteiger partial charge on any atom is -0.462 e. The van der Waals surface area contributed by atoms with E-state index in [2.05, 4.69) is 4.98 Å². The Bertz CT molecular complexity index is 486. The van der Waals surface area contributed by atoms with E-state index in [4.69, 9.17) is 10.00 Å². The van der Waals surface area contributed by atoms with E-state index in [1.54, 1.807) is 35.6 Å². The molecule has 0 spiro atoms. The van der Waals surface area contributed by atoms with Crippen molar-refractivity contribution < 1.29 is 18.3 Å². The van der Waals surface area contributed by atoms with Crippen molar-refractivity contribution in [3.8, 4) is 6.07 Å². The number of halogens is 3. The Morgan fingerprint density at radius 3 is 2.82 bits per heavy atom. The van der Waals surface area contributed by atoms with Crippen LogP contribution in [0, 0.1) is 14.9 Å². The van der Waals surface area contributed by atoms with E-state index >= 15 is 0 Å². The molecule has 1 aromatic rings. The molecule has 17 heavy (non-hydrogen) atoms. The quantitative estimate of drug-likeness (QED) is 0.620. The topological polar surface area (TPSA) is 63.0 Å². The predicted molar refractivity (Wildman–Crippen MR) is 62.6 cm³/mol. The van der Waals surface area contributed by atoms with Crippen molar-refractivity contribution in [2.24, 2.45) is 0 Å². The molecule has 90 valence electrons. The Balaban J connectivity index is 3.33. The molecule has 0 atom stereocenters. The molecule has 1 heterocycles. The van der Waals surface area contributed by atoms with Gasteiger partial charge in [-0.1, -0.05) is 0 Å². The highest BCUT2D eigenvalue weighted by Gasteiger charge is 2.20. The first-order chi connectivity index (χ1) is 8.01. The Hall–Kier alpha value is -1.30. The van der Waals surface area contributed by atoms with E-state index in [0.717, 1.165) is 6.07 Å². The first-order valence-electron chi connectivity index (χ1n) is 4.57. The van der Waals surface area contributed by atoms with Gasteiger partial charge < -0.3 is 4.74 Å². The molecule has 0 amide bonds. The Morgan fingerprint density at radius 1 is 1.71 bits per heavy atom. The lowest BCUT2D eigenvalue weighted by Crippen LogP contribution is -2.10. The summed E-state index contributed by atoms with van der Waals surface area (Å²) in [6.07, 6.45) is -2.84. The van der Waals surface area contributed by atoms with Gasteiger partial charge in [-0.05, 0) is 35.6 Å². The Kier molecular flexibility index (Phi) is 4.74. The van der Waals surface area contributed by atoms with E-state index in [9.17, 15) is 13.6 Å². The number of hydrogen-bond donors (Lipinski definition) is 0. The molecule has 4 nitrogen and oxygen atoms in total. The van der Waals surface area contributed by atoms with Crippen molar-refractivity contribution in [3.63, 3.8) is 0 Å². The van der Waals surface area contributed by atoms with E-state index < -0.39 is 18.1 Å². The fourth-order valence-electron chi connectivity index (χ4n) is 1.09. The maximum absolute atomic E-state index is 12.5. The second-order valence-corrected chi connectivity index (χ2v) is 3.97. The molecular formula is C10H7F2IN2O2. The van der Waals surface area contributed by atoms with Crippen LogP contribution in [-0.4, -0.2) is 17.6 Å². The second kappa shape index (κ2) is 5.86. The lowest BCUT2D eigenvalue weighted by Gasteiger charge is -2.07. The standard InChI is InChI=1S/C10H7F2IN2O2/c1-2-17-10(16)5-3-6(9(11)12)15-7(4-14)8(5)13/h3,9H,2H2,1H3. The number of hydrogen-bond acceptors (Lipinski definition) is 4. The molecular weight excluding hydrogens is 345 g/mol. The van der Waals surface area contributed by atoms with Crippen LogP contribution in [0.2, 0.25) is 0 Å². The number of nitrogens with zero attached hydrogens (tertiary/aromatic N) is 2. The average Bonchev–Trinajstić information content (AvgIpc) is 2.29. The van der Waals surface area contributed by atoms with Gasteiger partial charge in [-0.2, -0.15) is 5.26 Å². The molecule has 1 rings (SSSR count). The SMILES string of the molecule is CCOC(=O)c1cc(C(F)F)nc(C#N)c1I. The van der Waals surface area contributed by atoms with E-state index in [1.807, 2.05) is 0 Å². The van der Waals surface area contributed by atoms with Gasteiger partial charge in [0.1, 0.15) is 11.8 Å². The maximum atomic E-state index is 12.5. The van der Waals surface area contributed by atoms with Crippen molar-refractivity contribution in [2.45, 2.75) is 13.3 Å². The number of alkyl halides is 2. The molecule has 0 saturated carbocycles. The van der Waals surface area contributed by atoms with Gasteiger partial charge in [-0.3, -0.25) is 0 Å². The summed E-state index contributed by atoms with van der Waals surface area (Å²) in [4.78, 5) is 15.0. The predicted octanol–water partition coefficient (Wildman–Crippen LogP) is 2.67. The zero-order valence-electron chi connectivity index (χ0n) is 8.71. The Labute approximate surface area is 110 Å². The summed E-state index contributed by atoms with van der Waals surface area (Å²) in [7, 11) is 0. The van der Waals surface area contributed by atoms with Crippen molar-refractivity contribution in [2.75, 3.05) is 6.61 Å². The van der Waals surface area contributed by atoms with Crippen LogP contribution in [0.1, 0.15) is 35.1 Å². The third kappa shape index (κ3) is 3.09. The number of rotatable bonds is 3. The lowest BCUT2D eigenvalue weighted by molar-refractivity contribution is 0.0524. The third-order valence-corrected chi connectivity index (χ3v) is 2.89. The summed E-state index contributed by atoms with van der Waals surface area (Å²) in [5.41, 5.74) is -0.870.